The molecule has 1 fully saturated rings. The summed E-state index contributed by atoms with van der Waals surface area (Å²) in [6.07, 6.45) is 3.26. The summed E-state index contributed by atoms with van der Waals surface area (Å²) in [7, 11) is 0. The molecular formula is C29H25N5O3S. The van der Waals surface area contributed by atoms with Gasteiger partial charge in [-0.2, -0.15) is 0 Å². The lowest BCUT2D eigenvalue weighted by atomic mass is 9.96. The third-order valence-electron chi connectivity index (χ3n) is 6.89. The second kappa shape index (κ2) is 10.2. The van der Waals surface area contributed by atoms with Gasteiger partial charge in [-0.15, -0.1) is 11.3 Å². The second-order valence-electron chi connectivity index (χ2n) is 9.30. The van der Waals surface area contributed by atoms with Gasteiger partial charge in [-0.3, -0.25) is 14.6 Å². The number of likely N-dealkylation sites (tertiary alicyclic amines) is 1. The van der Waals surface area contributed by atoms with E-state index < -0.39 is 0 Å². The zero-order chi connectivity index (χ0) is 26.1. The normalized spacial score (nSPS) is 14.1. The Morgan fingerprint density at radius 2 is 1.82 bits per heavy atom. The number of carbonyl (C=O) groups is 2. The van der Waals surface area contributed by atoms with Gasteiger partial charge in [-0.1, -0.05) is 53.7 Å². The van der Waals surface area contributed by atoms with Crippen LogP contribution in [0.4, 0.5) is 5.69 Å². The van der Waals surface area contributed by atoms with Crippen molar-refractivity contribution < 1.29 is 14.1 Å². The van der Waals surface area contributed by atoms with Crippen LogP contribution in [-0.4, -0.2) is 44.9 Å². The Morgan fingerprint density at radius 1 is 1.03 bits per heavy atom. The summed E-state index contributed by atoms with van der Waals surface area (Å²) < 4.78 is 5.40. The highest BCUT2D eigenvalue weighted by Crippen LogP contribution is 2.33. The number of rotatable bonds is 5. The maximum atomic E-state index is 13.4. The van der Waals surface area contributed by atoms with Crippen molar-refractivity contribution in [1.82, 2.24) is 20.0 Å². The highest BCUT2D eigenvalue weighted by atomic mass is 32.1. The summed E-state index contributed by atoms with van der Waals surface area (Å²) in [5.74, 6) is 0.397. The van der Waals surface area contributed by atoms with Gasteiger partial charge in [0.05, 0.1) is 16.2 Å². The van der Waals surface area contributed by atoms with Crippen LogP contribution in [0.2, 0.25) is 0 Å². The van der Waals surface area contributed by atoms with E-state index in [-0.39, 0.29) is 17.7 Å². The van der Waals surface area contributed by atoms with Gasteiger partial charge in [-0.25, -0.2) is 4.98 Å². The van der Waals surface area contributed by atoms with Crippen LogP contribution in [0.15, 0.2) is 76.8 Å². The summed E-state index contributed by atoms with van der Waals surface area (Å²) in [5, 5.41) is 10.8. The molecule has 0 spiro atoms. The molecule has 0 aliphatic carbocycles. The maximum Gasteiger partial charge on any atom is 0.275 e. The van der Waals surface area contributed by atoms with Crippen LogP contribution in [0, 0.1) is 6.92 Å². The molecule has 5 aromatic rings. The number of benzene rings is 2. The molecule has 8 nitrogen and oxygen atoms in total. The molecule has 0 unspecified atom stereocenters. The Labute approximate surface area is 223 Å². The molecule has 9 heteroatoms. The molecule has 190 valence electrons. The number of thiazole rings is 1. The van der Waals surface area contributed by atoms with Crippen LogP contribution in [-0.2, 0) is 0 Å². The molecule has 2 aromatic carbocycles. The fraction of sp³-hybridized carbons (Fsp3) is 0.207. The first-order valence-electron chi connectivity index (χ1n) is 12.5. The summed E-state index contributed by atoms with van der Waals surface area (Å²) in [5.41, 5.74) is 3.75. The Kier molecular flexibility index (Phi) is 6.43. The monoisotopic (exact) mass is 523 g/mol. The van der Waals surface area contributed by atoms with Gasteiger partial charge in [0.25, 0.3) is 11.8 Å². The number of aryl methyl sites for hydroxylation is 1. The number of hydrogen-bond donors (Lipinski definition) is 1. The SMILES string of the molecule is Cc1onc(-c2ccccc2)c1C(=O)N1CCC(c2nc(C(=O)Nc3cccc4cccnc34)cs2)CC1. The molecule has 6 rings (SSSR count). The number of nitrogens with zero attached hydrogens (tertiary/aromatic N) is 4. The lowest BCUT2D eigenvalue weighted by molar-refractivity contribution is 0.0711. The zero-order valence-corrected chi connectivity index (χ0v) is 21.6. The molecule has 1 N–H and O–H groups in total. The average molecular weight is 524 g/mol. The minimum Gasteiger partial charge on any atom is -0.360 e. The molecule has 1 saturated heterocycles. The number of carbonyl (C=O) groups excluding carboxylic acids is 2. The van der Waals surface area contributed by atoms with E-state index in [9.17, 15) is 9.59 Å². The van der Waals surface area contributed by atoms with Crippen LogP contribution >= 0.6 is 11.3 Å². The molecule has 0 radical (unpaired) electrons. The number of fused-ring (bicyclic) bond motifs is 1. The van der Waals surface area contributed by atoms with Crippen molar-refractivity contribution >= 4 is 39.7 Å². The number of amides is 2. The summed E-state index contributed by atoms with van der Waals surface area (Å²) in [6, 6.07) is 19.1. The number of pyridine rings is 1. The van der Waals surface area contributed by atoms with Gasteiger partial charge in [0.1, 0.15) is 22.7 Å². The highest BCUT2D eigenvalue weighted by molar-refractivity contribution is 7.10. The fourth-order valence-corrected chi connectivity index (χ4v) is 5.85. The van der Waals surface area contributed by atoms with Crippen molar-refractivity contribution in [2.45, 2.75) is 25.7 Å². The van der Waals surface area contributed by atoms with Crippen LogP contribution in [0.5, 0.6) is 0 Å². The average Bonchev–Trinajstić information content (AvgIpc) is 3.61. The van der Waals surface area contributed by atoms with Gasteiger partial charge in [0, 0.05) is 41.5 Å². The quantitative estimate of drug-likeness (QED) is 0.307. The van der Waals surface area contributed by atoms with E-state index in [4.69, 9.17) is 4.52 Å². The van der Waals surface area contributed by atoms with Crippen molar-refractivity contribution in [2.24, 2.45) is 0 Å². The highest BCUT2D eigenvalue weighted by Gasteiger charge is 2.31. The number of para-hydroxylation sites is 1. The third kappa shape index (κ3) is 4.56. The largest absolute Gasteiger partial charge is 0.360 e. The van der Waals surface area contributed by atoms with Crippen molar-refractivity contribution in [3.8, 4) is 11.3 Å². The van der Waals surface area contributed by atoms with Crippen molar-refractivity contribution in [1.29, 1.82) is 0 Å². The number of nitrogens with one attached hydrogen (secondary N) is 1. The number of aromatic nitrogens is 3. The smallest absolute Gasteiger partial charge is 0.275 e. The van der Waals surface area contributed by atoms with E-state index in [1.54, 1.807) is 18.5 Å². The van der Waals surface area contributed by atoms with Gasteiger partial charge < -0.3 is 14.7 Å². The zero-order valence-electron chi connectivity index (χ0n) is 20.8. The third-order valence-corrected chi connectivity index (χ3v) is 7.90. The van der Waals surface area contributed by atoms with Crippen LogP contribution in [0.1, 0.15) is 50.4 Å². The van der Waals surface area contributed by atoms with E-state index >= 15 is 0 Å². The molecule has 38 heavy (non-hydrogen) atoms. The first-order chi connectivity index (χ1) is 18.6. The summed E-state index contributed by atoms with van der Waals surface area (Å²) in [4.78, 5) is 37.3. The summed E-state index contributed by atoms with van der Waals surface area (Å²) in [6.45, 7) is 2.98. The van der Waals surface area contributed by atoms with E-state index in [2.05, 4.69) is 20.4 Å². The lowest BCUT2D eigenvalue weighted by Gasteiger charge is -2.31. The van der Waals surface area contributed by atoms with Crippen molar-refractivity contribution in [2.75, 3.05) is 18.4 Å². The van der Waals surface area contributed by atoms with Crippen LogP contribution < -0.4 is 5.32 Å². The van der Waals surface area contributed by atoms with E-state index in [1.807, 2.05) is 65.6 Å². The Bertz CT molecular complexity index is 1610. The molecule has 3 aromatic heterocycles. The standard InChI is InChI=1S/C29H25N5O3S/c1-18-24(26(33-37-18)20-7-3-2-4-8-20)29(36)34-15-12-21(13-16-34)28-32-23(17-38-28)27(35)31-22-11-5-9-19-10-6-14-30-25(19)22/h2-11,14,17,21H,12-13,15-16H2,1H3,(H,31,35). The topological polar surface area (TPSA) is 101 Å². The summed E-state index contributed by atoms with van der Waals surface area (Å²) >= 11 is 1.49. The molecule has 1 aliphatic rings. The molecule has 0 saturated carbocycles. The predicted molar refractivity (Wildman–Crippen MR) is 146 cm³/mol. The molecular weight excluding hydrogens is 498 g/mol. The minimum absolute atomic E-state index is 0.0658. The Hall–Kier alpha value is -4.37. The van der Waals surface area contributed by atoms with Gasteiger partial charge in [0.2, 0.25) is 0 Å². The van der Waals surface area contributed by atoms with Crippen molar-refractivity contribution in [3.05, 3.63) is 94.3 Å². The van der Waals surface area contributed by atoms with E-state index in [1.165, 1.54) is 11.3 Å². The van der Waals surface area contributed by atoms with Gasteiger partial charge in [0.15, 0.2) is 0 Å². The first-order valence-corrected chi connectivity index (χ1v) is 13.4. The lowest BCUT2D eigenvalue weighted by Crippen LogP contribution is -2.38. The molecule has 4 heterocycles. The Morgan fingerprint density at radius 3 is 2.63 bits per heavy atom. The number of piperidine rings is 1. The van der Waals surface area contributed by atoms with Gasteiger partial charge >= 0.3 is 0 Å². The number of hydrogen-bond acceptors (Lipinski definition) is 7. The minimum atomic E-state index is -0.255. The molecule has 0 bridgehead atoms. The van der Waals surface area contributed by atoms with Crippen molar-refractivity contribution in [3.63, 3.8) is 0 Å². The number of anilines is 1. The molecule has 2 amide bonds. The fourth-order valence-electron chi connectivity index (χ4n) is 4.88. The van der Waals surface area contributed by atoms with E-state index in [0.717, 1.165) is 34.3 Å². The van der Waals surface area contributed by atoms with Crippen LogP contribution in [0.25, 0.3) is 22.2 Å². The first kappa shape index (κ1) is 24.0. The van der Waals surface area contributed by atoms with Crippen LogP contribution in [0.3, 0.4) is 0 Å². The molecule has 0 atom stereocenters. The second-order valence-corrected chi connectivity index (χ2v) is 10.2. The Balaban J connectivity index is 1.12. The molecule has 1 aliphatic heterocycles. The van der Waals surface area contributed by atoms with Gasteiger partial charge in [-0.05, 0) is 31.9 Å². The predicted octanol–water partition coefficient (Wildman–Crippen LogP) is 5.93. The van der Waals surface area contributed by atoms with E-state index in [0.29, 0.717) is 41.5 Å². The maximum absolute atomic E-state index is 13.4.